The van der Waals surface area contributed by atoms with Crippen molar-refractivity contribution in [3.05, 3.63) is 65.2 Å². The Morgan fingerprint density at radius 3 is 2.75 bits per heavy atom. The summed E-state index contributed by atoms with van der Waals surface area (Å²) in [6, 6.07) is 15.5. The van der Waals surface area contributed by atoms with Gasteiger partial charge in [-0.2, -0.15) is 0 Å². The molecule has 0 saturated heterocycles. The molecule has 0 aromatic heterocycles. The molecule has 126 valence electrons. The summed E-state index contributed by atoms with van der Waals surface area (Å²) >= 11 is 0. The Balaban J connectivity index is 1.61. The first kappa shape index (κ1) is 16.5. The average molecular weight is 325 g/mol. The van der Waals surface area contributed by atoms with Crippen molar-refractivity contribution >= 4 is 5.91 Å². The molecule has 2 aromatic rings. The molecule has 0 aliphatic carbocycles. The number of carbonyl (C=O) groups excluding carboxylic acids is 1. The van der Waals surface area contributed by atoms with Crippen LogP contribution in [0.1, 0.15) is 42.1 Å². The molecule has 1 heterocycles. The Hall–Kier alpha value is -2.33. The fourth-order valence-corrected chi connectivity index (χ4v) is 3.11. The molecule has 1 aliphatic heterocycles. The number of ether oxygens (including phenoxy) is 1. The highest BCUT2D eigenvalue weighted by molar-refractivity contribution is 5.83. The fraction of sp³-hybridized carbons (Fsp3) is 0.350. The minimum absolute atomic E-state index is 0.0488. The monoisotopic (exact) mass is 325 g/mol. The van der Waals surface area contributed by atoms with E-state index in [1.54, 1.807) is 0 Å². The van der Waals surface area contributed by atoms with E-state index >= 15 is 0 Å². The van der Waals surface area contributed by atoms with Crippen molar-refractivity contribution in [3.63, 3.8) is 0 Å². The number of hydrogen-bond donors (Lipinski definition) is 2. The van der Waals surface area contributed by atoms with Gasteiger partial charge >= 0.3 is 0 Å². The maximum Gasteiger partial charge on any atom is 0.227 e. The highest BCUT2D eigenvalue weighted by Crippen LogP contribution is 2.28. The number of aliphatic hydroxyl groups is 1. The summed E-state index contributed by atoms with van der Waals surface area (Å²) in [4.78, 5) is 12.5. The van der Waals surface area contributed by atoms with E-state index in [9.17, 15) is 9.90 Å². The van der Waals surface area contributed by atoms with Gasteiger partial charge in [0, 0.05) is 13.0 Å². The molecular weight excluding hydrogens is 302 g/mol. The van der Waals surface area contributed by atoms with Crippen molar-refractivity contribution in [1.82, 2.24) is 5.32 Å². The lowest BCUT2D eigenvalue weighted by molar-refractivity contribution is -0.123. The molecular formula is C20H23NO3. The number of fused-ring (bicyclic) bond motifs is 1. The molecule has 2 N–H and O–H groups in total. The molecule has 0 radical (unpaired) electrons. The first-order valence-electron chi connectivity index (χ1n) is 8.45. The van der Waals surface area contributed by atoms with E-state index in [0.29, 0.717) is 6.61 Å². The Morgan fingerprint density at radius 2 is 2.00 bits per heavy atom. The van der Waals surface area contributed by atoms with Crippen LogP contribution in [0, 0.1) is 0 Å². The molecule has 0 bridgehead atoms. The zero-order valence-electron chi connectivity index (χ0n) is 13.9. The molecule has 24 heavy (non-hydrogen) atoms. The molecule has 0 fully saturated rings. The highest BCUT2D eigenvalue weighted by Gasteiger charge is 2.20. The summed E-state index contributed by atoms with van der Waals surface area (Å²) in [5.41, 5.74) is 2.93. The summed E-state index contributed by atoms with van der Waals surface area (Å²) in [5, 5.41) is 13.2. The predicted octanol–water partition coefficient (Wildman–Crippen LogP) is 2.96. The summed E-state index contributed by atoms with van der Waals surface area (Å²) in [5.74, 6) is 0.657. The van der Waals surface area contributed by atoms with E-state index in [1.165, 1.54) is 0 Å². The van der Waals surface area contributed by atoms with E-state index < -0.39 is 6.10 Å². The van der Waals surface area contributed by atoms with Crippen LogP contribution >= 0.6 is 0 Å². The normalized spacial score (nSPS) is 15.2. The molecule has 1 amide bonds. The Labute approximate surface area is 142 Å². The highest BCUT2D eigenvalue weighted by atomic mass is 16.5. The topological polar surface area (TPSA) is 58.6 Å². The van der Waals surface area contributed by atoms with Crippen LogP contribution in [0.5, 0.6) is 5.75 Å². The Kier molecular flexibility index (Phi) is 5.16. The number of amides is 1. The molecule has 4 heteroatoms. The Bertz CT molecular complexity index is 699. The Morgan fingerprint density at radius 1 is 1.21 bits per heavy atom. The molecule has 2 aromatic carbocycles. The lowest BCUT2D eigenvalue weighted by atomic mass is 9.95. The summed E-state index contributed by atoms with van der Waals surface area (Å²) in [6.45, 7) is 2.90. The minimum atomic E-state index is -0.715. The third-order valence-electron chi connectivity index (χ3n) is 4.49. The van der Waals surface area contributed by atoms with Crippen LogP contribution in [0.4, 0.5) is 0 Å². The van der Waals surface area contributed by atoms with Crippen LogP contribution in [0.25, 0.3) is 0 Å². The largest absolute Gasteiger partial charge is 0.493 e. The number of carbonyl (C=O) groups is 1. The van der Waals surface area contributed by atoms with Gasteiger partial charge in [0.1, 0.15) is 5.75 Å². The quantitative estimate of drug-likeness (QED) is 0.858. The molecule has 3 rings (SSSR count). The maximum atomic E-state index is 12.5. The van der Waals surface area contributed by atoms with Crippen LogP contribution in [0.15, 0.2) is 48.5 Å². The number of aliphatic hydroxyl groups excluding tert-OH is 1. The summed E-state index contributed by atoms with van der Waals surface area (Å²) in [6.07, 6.45) is 0.879. The van der Waals surface area contributed by atoms with Gasteiger partial charge in [-0.15, -0.1) is 0 Å². The van der Waals surface area contributed by atoms with Crippen molar-refractivity contribution in [3.8, 4) is 5.75 Å². The van der Waals surface area contributed by atoms with E-state index in [0.717, 1.165) is 35.3 Å². The average Bonchev–Trinajstić information content (AvgIpc) is 3.09. The molecule has 2 unspecified atom stereocenters. The number of benzene rings is 2. The van der Waals surface area contributed by atoms with Gasteiger partial charge in [-0.25, -0.2) is 0 Å². The lowest BCUT2D eigenvalue weighted by Gasteiger charge is -2.18. The van der Waals surface area contributed by atoms with Gasteiger partial charge in [0.15, 0.2) is 0 Å². The molecule has 2 atom stereocenters. The van der Waals surface area contributed by atoms with Crippen molar-refractivity contribution in [1.29, 1.82) is 0 Å². The SMILES string of the molecule is CCC(C(=O)NCC(O)c1ccc2c(c1)CCO2)c1ccccc1. The van der Waals surface area contributed by atoms with Crippen LogP contribution in [0.3, 0.4) is 0 Å². The first-order chi connectivity index (χ1) is 11.7. The number of rotatable bonds is 6. The van der Waals surface area contributed by atoms with Gasteiger partial charge in [0.25, 0.3) is 0 Å². The molecule has 0 saturated carbocycles. The summed E-state index contributed by atoms with van der Waals surface area (Å²) in [7, 11) is 0. The van der Waals surface area contributed by atoms with Crippen LogP contribution in [-0.4, -0.2) is 24.2 Å². The summed E-state index contributed by atoms with van der Waals surface area (Å²) < 4.78 is 5.48. The van der Waals surface area contributed by atoms with E-state index in [4.69, 9.17) is 4.74 Å². The minimum Gasteiger partial charge on any atom is -0.493 e. The van der Waals surface area contributed by atoms with Crippen molar-refractivity contribution < 1.29 is 14.6 Å². The second-order valence-corrected chi connectivity index (χ2v) is 6.10. The van der Waals surface area contributed by atoms with Gasteiger partial charge in [0.05, 0.1) is 18.6 Å². The third-order valence-corrected chi connectivity index (χ3v) is 4.49. The zero-order chi connectivity index (χ0) is 16.9. The van der Waals surface area contributed by atoms with E-state index in [1.807, 2.05) is 55.5 Å². The lowest BCUT2D eigenvalue weighted by Crippen LogP contribution is -2.32. The fourth-order valence-electron chi connectivity index (χ4n) is 3.11. The predicted molar refractivity (Wildman–Crippen MR) is 93.1 cm³/mol. The second kappa shape index (κ2) is 7.49. The van der Waals surface area contributed by atoms with E-state index in [-0.39, 0.29) is 18.4 Å². The number of hydrogen-bond acceptors (Lipinski definition) is 3. The van der Waals surface area contributed by atoms with Gasteiger partial charge in [0.2, 0.25) is 5.91 Å². The van der Waals surface area contributed by atoms with Gasteiger partial charge < -0.3 is 15.2 Å². The van der Waals surface area contributed by atoms with Crippen LogP contribution < -0.4 is 10.1 Å². The third kappa shape index (κ3) is 3.60. The van der Waals surface area contributed by atoms with Gasteiger partial charge in [-0.05, 0) is 35.2 Å². The second-order valence-electron chi connectivity index (χ2n) is 6.10. The molecule has 0 spiro atoms. The van der Waals surface area contributed by atoms with Gasteiger partial charge in [-0.3, -0.25) is 4.79 Å². The molecule has 4 nitrogen and oxygen atoms in total. The zero-order valence-corrected chi connectivity index (χ0v) is 13.9. The smallest absolute Gasteiger partial charge is 0.227 e. The van der Waals surface area contributed by atoms with Crippen molar-refractivity contribution in [2.45, 2.75) is 31.8 Å². The maximum absolute atomic E-state index is 12.5. The van der Waals surface area contributed by atoms with Crippen LogP contribution in [0.2, 0.25) is 0 Å². The standard InChI is InChI=1S/C20H23NO3/c1-2-17(14-6-4-3-5-7-14)20(23)21-13-18(22)15-8-9-19-16(12-15)10-11-24-19/h3-9,12,17-18,22H,2,10-11,13H2,1H3,(H,21,23). The van der Waals surface area contributed by atoms with Gasteiger partial charge in [-0.1, -0.05) is 43.3 Å². The van der Waals surface area contributed by atoms with Crippen molar-refractivity contribution in [2.24, 2.45) is 0 Å². The first-order valence-corrected chi connectivity index (χ1v) is 8.45. The van der Waals surface area contributed by atoms with Crippen LogP contribution in [-0.2, 0) is 11.2 Å². The number of nitrogens with one attached hydrogen (secondary N) is 1. The van der Waals surface area contributed by atoms with Crippen molar-refractivity contribution in [2.75, 3.05) is 13.2 Å². The molecule has 1 aliphatic rings. The van der Waals surface area contributed by atoms with E-state index in [2.05, 4.69) is 5.32 Å².